The van der Waals surface area contributed by atoms with Crippen LogP contribution >= 0.6 is 11.5 Å². The van der Waals surface area contributed by atoms with Gasteiger partial charge >= 0.3 is 5.97 Å². The van der Waals surface area contributed by atoms with Crippen LogP contribution < -0.4 is 0 Å². The lowest BCUT2D eigenvalue weighted by atomic mass is 10.1. The molecule has 4 nitrogen and oxygen atoms in total. The van der Waals surface area contributed by atoms with Crippen molar-refractivity contribution in [3.8, 4) is 11.3 Å². The number of ether oxygens (including phenoxy) is 1. The van der Waals surface area contributed by atoms with Crippen LogP contribution in [0.15, 0.2) is 43.0 Å². The first-order valence-electron chi connectivity index (χ1n) is 6.40. The van der Waals surface area contributed by atoms with Gasteiger partial charge < -0.3 is 4.74 Å². The monoisotopic (exact) mass is 288 g/mol. The molecule has 0 saturated heterocycles. The fourth-order valence-electron chi connectivity index (χ4n) is 1.63. The summed E-state index contributed by atoms with van der Waals surface area (Å²) in [5.41, 5.74) is 1.45. The van der Waals surface area contributed by atoms with Crippen LogP contribution in [0.25, 0.3) is 11.3 Å². The zero-order valence-corrected chi connectivity index (χ0v) is 12.1. The van der Waals surface area contributed by atoms with Crippen LogP contribution in [0.2, 0.25) is 0 Å². The van der Waals surface area contributed by atoms with Gasteiger partial charge in [0.25, 0.3) is 0 Å². The van der Waals surface area contributed by atoms with Gasteiger partial charge in [-0.25, -0.2) is 4.79 Å². The summed E-state index contributed by atoms with van der Waals surface area (Å²) in [5, 5.41) is 4.02. The van der Waals surface area contributed by atoms with E-state index in [1.54, 1.807) is 0 Å². The molecule has 0 aliphatic carbocycles. The molecule has 0 unspecified atom stereocenters. The van der Waals surface area contributed by atoms with Crippen molar-refractivity contribution < 1.29 is 9.53 Å². The Morgan fingerprint density at radius 1 is 1.45 bits per heavy atom. The molecule has 0 N–H and O–H groups in total. The van der Waals surface area contributed by atoms with Crippen molar-refractivity contribution in [2.24, 2.45) is 5.92 Å². The molecule has 0 fully saturated rings. The highest BCUT2D eigenvalue weighted by Gasteiger charge is 2.19. The number of rotatable bonds is 6. The van der Waals surface area contributed by atoms with Gasteiger partial charge in [0.05, 0.1) is 6.61 Å². The van der Waals surface area contributed by atoms with Crippen LogP contribution in [0.3, 0.4) is 0 Å². The van der Waals surface area contributed by atoms with Gasteiger partial charge in [-0.1, -0.05) is 47.8 Å². The Morgan fingerprint density at radius 3 is 2.90 bits per heavy atom. The van der Waals surface area contributed by atoms with E-state index in [2.05, 4.69) is 16.2 Å². The topological polar surface area (TPSA) is 52.1 Å². The number of benzene rings is 1. The summed E-state index contributed by atoms with van der Waals surface area (Å²) < 4.78 is 9.12. The molecule has 104 valence electrons. The lowest BCUT2D eigenvalue weighted by Crippen LogP contribution is -2.08. The van der Waals surface area contributed by atoms with Gasteiger partial charge in [-0.05, 0) is 23.9 Å². The minimum absolute atomic E-state index is 0.330. The third-order valence-corrected chi connectivity index (χ3v) is 3.64. The first-order valence-corrected chi connectivity index (χ1v) is 7.17. The normalized spacial score (nSPS) is 11.8. The van der Waals surface area contributed by atoms with Gasteiger partial charge in [0.2, 0.25) is 0 Å². The largest absolute Gasteiger partial charge is 0.461 e. The molecule has 5 heteroatoms. The first-order chi connectivity index (χ1) is 9.72. The van der Waals surface area contributed by atoms with Gasteiger partial charge in [0.15, 0.2) is 4.88 Å². The van der Waals surface area contributed by atoms with Crippen molar-refractivity contribution in [2.45, 2.75) is 13.3 Å². The zero-order valence-electron chi connectivity index (χ0n) is 11.3. The van der Waals surface area contributed by atoms with Crippen LogP contribution in [0.5, 0.6) is 0 Å². The highest BCUT2D eigenvalue weighted by molar-refractivity contribution is 7.08. The van der Waals surface area contributed by atoms with Crippen LogP contribution in [-0.4, -0.2) is 22.2 Å². The minimum atomic E-state index is -0.366. The number of esters is 1. The smallest absolute Gasteiger partial charge is 0.352 e. The molecular formula is C15H16N2O2S. The van der Waals surface area contributed by atoms with Gasteiger partial charge in [-0.2, -0.15) is 0 Å². The van der Waals surface area contributed by atoms with E-state index >= 15 is 0 Å². The van der Waals surface area contributed by atoms with E-state index < -0.39 is 0 Å². The Balaban J connectivity index is 2.05. The third kappa shape index (κ3) is 3.51. The summed E-state index contributed by atoms with van der Waals surface area (Å²) in [6.45, 7) is 6.11. The molecule has 0 amide bonds. The average Bonchev–Trinajstić information content (AvgIpc) is 2.97. The van der Waals surface area contributed by atoms with E-state index in [4.69, 9.17) is 4.74 Å². The SMILES string of the molecule is C=C[C@H](C)CCOC(=O)c1snnc1-c1ccccc1. The quantitative estimate of drug-likeness (QED) is 0.602. The van der Waals surface area contributed by atoms with Gasteiger partial charge in [-0.3, -0.25) is 0 Å². The molecular weight excluding hydrogens is 272 g/mol. The standard InChI is InChI=1S/C15H16N2O2S/c1-3-11(2)9-10-19-15(18)14-13(16-17-20-14)12-7-5-4-6-8-12/h3-8,11H,1,9-10H2,2H3/t11-/m0/s1. The van der Waals surface area contributed by atoms with Crippen molar-refractivity contribution >= 4 is 17.5 Å². The van der Waals surface area contributed by atoms with Gasteiger partial charge in [0, 0.05) is 5.56 Å². The number of carbonyl (C=O) groups is 1. The molecule has 0 bridgehead atoms. The van der Waals surface area contributed by atoms with E-state index in [1.807, 2.05) is 43.3 Å². The predicted molar refractivity (Wildman–Crippen MR) is 79.6 cm³/mol. The number of nitrogens with zero attached hydrogens (tertiary/aromatic N) is 2. The summed E-state index contributed by atoms with van der Waals surface area (Å²) in [6.07, 6.45) is 2.61. The molecule has 1 aromatic carbocycles. The molecule has 0 saturated carbocycles. The maximum absolute atomic E-state index is 12.1. The van der Waals surface area contributed by atoms with Gasteiger partial charge in [0.1, 0.15) is 5.69 Å². The molecule has 1 heterocycles. The summed E-state index contributed by atoms with van der Waals surface area (Å²) >= 11 is 1.06. The summed E-state index contributed by atoms with van der Waals surface area (Å²) in [7, 11) is 0. The van der Waals surface area contributed by atoms with Crippen LogP contribution in [0.1, 0.15) is 23.0 Å². The zero-order chi connectivity index (χ0) is 14.4. The Labute approximate surface area is 122 Å². The van der Waals surface area contributed by atoms with Crippen molar-refractivity contribution in [1.29, 1.82) is 0 Å². The highest BCUT2D eigenvalue weighted by Crippen LogP contribution is 2.24. The fraction of sp³-hybridized carbons (Fsp3) is 0.267. The molecule has 0 aliphatic heterocycles. The van der Waals surface area contributed by atoms with E-state index in [0.29, 0.717) is 23.1 Å². The van der Waals surface area contributed by atoms with Crippen molar-refractivity contribution in [3.05, 3.63) is 47.9 Å². The first kappa shape index (κ1) is 14.4. The molecule has 0 radical (unpaired) electrons. The van der Waals surface area contributed by atoms with Crippen molar-refractivity contribution in [1.82, 2.24) is 9.59 Å². The Kier molecular flexibility index (Phi) is 5.01. The lowest BCUT2D eigenvalue weighted by Gasteiger charge is -2.06. The second-order valence-corrected chi connectivity index (χ2v) is 5.21. The lowest BCUT2D eigenvalue weighted by molar-refractivity contribution is 0.0498. The summed E-state index contributed by atoms with van der Waals surface area (Å²) in [5.74, 6) is -0.0360. The molecule has 1 aromatic heterocycles. The number of allylic oxidation sites excluding steroid dienone is 1. The number of hydrogen-bond acceptors (Lipinski definition) is 5. The Bertz CT molecular complexity index is 581. The second kappa shape index (κ2) is 6.96. The molecule has 0 spiro atoms. The van der Waals surface area contributed by atoms with Crippen molar-refractivity contribution in [2.75, 3.05) is 6.61 Å². The van der Waals surface area contributed by atoms with Crippen LogP contribution in [-0.2, 0) is 4.74 Å². The molecule has 0 aliphatic rings. The summed E-state index contributed by atoms with van der Waals surface area (Å²) in [6, 6.07) is 9.50. The molecule has 20 heavy (non-hydrogen) atoms. The Morgan fingerprint density at radius 2 is 2.20 bits per heavy atom. The maximum atomic E-state index is 12.1. The maximum Gasteiger partial charge on any atom is 0.352 e. The fourth-order valence-corrected chi connectivity index (χ4v) is 2.21. The molecule has 2 aromatic rings. The third-order valence-electron chi connectivity index (χ3n) is 2.93. The summed E-state index contributed by atoms with van der Waals surface area (Å²) in [4.78, 5) is 12.5. The molecule has 2 rings (SSSR count). The highest BCUT2D eigenvalue weighted by atomic mass is 32.1. The van der Waals surface area contributed by atoms with E-state index in [9.17, 15) is 4.79 Å². The number of carbonyl (C=O) groups excluding carboxylic acids is 1. The van der Waals surface area contributed by atoms with E-state index in [1.165, 1.54) is 0 Å². The van der Waals surface area contributed by atoms with E-state index in [0.717, 1.165) is 23.5 Å². The Hall–Kier alpha value is -2.01. The average molecular weight is 288 g/mol. The van der Waals surface area contributed by atoms with Crippen molar-refractivity contribution in [3.63, 3.8) is 0 Å². The van der Waals surface area contributed by atoms with Gasteiger partial charge in [-0.15, -0.1) is 11.7 Å². The number of aromatic nitrogens is 2. The number of hydrogen-bond donors (Lipinski definition) is 0. The van der Waals surface area contributed by atoms with E-state index in [-0.39, 0.29) is 5.97 Å². The van der Waals surface area contributed by atoms with Crippen LogP contribution in [0.4, 0.5) is 0 Å². The second-order valence-electron chi connectivity index (χ2n) is 4.45. The minimum Gasteiger partial charge on any atom is -0.461 e. The predicted octanol–water partition coefficient (Wildman–Crippen LogP) is 3.57. The van der Waals surface area contributed by atoms with Crippen LogP contribution in [0, 0.1) is 5.92 Å². The molecule has 1 atom stereocenters.